The zero-order valence-corrected chi connectivity index (χ0v) is 25.7. The number of amides is 5. The van der Waals surface area contributed by atoms with Gasteiger partial charge < -0.3 is 41.2 Å². The number of ketones is 1. The number of carbonyl (C=O) groups excluding carboxylic acids is 5. The molecule has 0 aromatic heterocycles. The fraction of sp³-hybridized carbons (Fsp3) is 0.821. The maximum Gasteiger partial charge on any atom is 0.312 e. The van der Waals surface area contributed by atoms with E-state index in [1.165, 1.54) is 0 Å². The molecule has 0 rings (SSSR count). The normalized spacial score (nSPS) is 12.7. The Hall–Kier alpha value is -2.77. The van der Waals surface area contributed by atoms with Gasteiger partial charge in [0.25, 0.3) is 0 Å². The smallest absolute Gasteiger partial charge is 0.312 e. The van der Waals surface area contributed by atoms with Gasteiger partial charge in [-0.25, -0.2) is 4.79 Å². The van der Waals surface area contributed by atoms with Gasteiger partial charge in [0.05, 0.1) is 45.7 Å². The molecular weight excluding hydrogens is 534 g/mol. The first kappa shape index (κ1) is 38.2. The first-order chi connectivity index (χ1) is 19.3. The van der Waals surface area contributed by atoms with Crippen molar-refractivity contribution in [1.29, 1.82) is 0 Å². The van der Waals surface area contributed by atoms with Gasteiger partial charge in [0.1, 0.15) is 6.04 Å². The monoisotopic (exact) mass is 587 g/mol. The Morgan fingerprint density at radius 2 is 1.29 bits per heavy atom. The van der Waals surface area contributed by atoms with Gasteiger partial charge in [-0.3, -0.25) is 19.2 Å². The van der Waals surface area contributed by atoms with E-state index in [-0.39, 0.29) is 49.0 Å². The number of nitrogens with two attached hydrogens (primary N) is 1. The summed E-state index contributed by atoms with van der Waals surface area (Å²) in [4.78, 5) is 60.5. The highest BCUT2D eigenvalue weighted by Crippen LogP contribution is 2.09. The largest absolute Gasteiger partial charge is 0.379 e. The van der Waals surface area contributed by atoms with E-state index in [0.717, 1.165) is 0 Å². The van der Waals surface area contributed by atoms with Crippen molar-refractivity contribution in [2.45, 2.75) is 79.3 Å². The standard InChI is InChI=1S/C28H53N5O8/c1-19(2)18-24(35)30-11-13-40-15-17-41-16-14-39-12-9-23(34)33-25(20(3)4)27(37)32-22(26(36)21(5)6)8-7-10-31-28(29)38/h19-22,25H,7-18H2,1-6H3,(H,30,35)(H,32,37)(H,33,34)(H3,29,31,38). The van der Waals surface area contributed by atoms with Gasteiger partial charge in [0.15, 0.2) is 5.78 Å². The molecule has 238 valence electrons. The van der Waals surface area contributed by atoms with Crippen molar-refractivity contribution >= 4 is 29.5 Å². The Bertz CT molecular complexity index is 791. The first-order valence-corrected chi connectivity index (χ1v) is 14.5. The molecule has 0 aromatic rings. The van der Waals surface area contributed by atoms with E-state index in [9.17, 15) is 24.0 Å². The lowest BCUT2D eigenvalue weighted by molar-refractivity contribution is -0.133. The Kier molecular flexibility index (Phi) is 21.3. The van der Waals surface area contributed by atoms with Crippen LogP contribution >= 0.6 is 0 Å². The number of Topliss-reactive ketones (excluding diaryl/α,β-unsaturated/α-hetero) is 1. The van der Waals surface area contributed by atoms with E-state index < -0.39 is 24.0 Å². The van der Waals surface area contributed by atoms with Crippen molar-refractivity contribution in [3.63, 3.8) is 0 Å². The van der Waals surface area contributed by atoms with Crippen molar-refractivity contribution in [3.05, 3.63) is 0 Å². The van der Waals surface area contributed by atoms with Crippen LogP contribution in [0.4, 0.5) is 4.79 Å². The molecule has 0 aliphatic carbocycles. The van der Waals surface area contributed by atoms with Crippen LogP contribution in [0.15, 0.2) is 0 Å². The number of nitrogens with one attached hydrogen (secondary N) is 4. The Morgan fingerprint density at radius 3 is 1.83 bits per heavy atom. The number of ether oxygens (including phenoxy) is 3. The van der Waals surface area contributed by atoms with Crippen LogP contribution in [0.5, 0.6) is 0 Å². The van der Waals surface area contributed by atoms with Crippen molar-refractivity contribution in [2.75, 3.05) is 52.7 Å². The molecule has 0 saturated carbocycles. The third-order valence-electron chi connectivity index (χ3n) is 5.84. The Labute approximate surface area is 244 Å². The van der Waals surface area contributed by atoms with Gasteiger partial charge in [0.2, 0.25) is 17.7 Å². The van der Waals surface area contributed by atoms with Gasteiger partial charge >= 0.3 is 6.03 Å². The molecule has 0 fully saturated rings. The lowest BCUT2D eigenvalue weighted by Crippen LogP contribution is -2.54. The van der Waals surface area contributed by atoms with Crippen LogP contribution in [0.1, 0.15) is 67.2 Å². The minimum absolute atomic E-state index is 0.0172. The topological polar surface area (TPSA) is 187 Å². The fourth-order valence-electron chi connectivity index (χ4n) is 3.66. The summed E-state index contributed by atoms with van der Waals surface area (Å²) >= 11 is 0. The average Bonchev–Trinajstić information content (AvgIpc) is 2.88. The average molecular weight is 588 g/mol. The van der Waals surface area contributed by atoms with E-state index in [1.807, 2.05) is 13.8 Å². The summed E-state index contributed by atoms with van der Waals surface area (Å²) in [6, 6.07) is -2.21. The van der Waals surface area contributed by atoms with Crippen LogP contribution < -0.4 is 27.0 Å². The SMILES string of the molecule is CC(C)CC(=O)NCCOCCOCCOCCC(=O)NC(C(=O)NC(CCCNC(N)=O)C(=O)C(C)C)C(C)C. The Balaban J connectivity index is 4.25. The molecule has 0 heterocycles. The van der Waals surface area contributed by atoms with Crippen molar-refractivity contribution in [2.24, 2.45) is 23.5 Å². The molecule has 13 heteroatoms. The van der Waals surface area contributed by atoms with Crippen LogP contribution in [-0.2, 0) is 33.4 Å². The van der Waals surface area contributed by atoms with E-state index in [4.69, 9.17) is 19.9 Å². The van der Waals surface area contributed by atoms with Crippen LogP contribution in [-0.4, -0.2) is 94.4 Å². The summed E-state index contributed by atoms with van der Waals surface area (Å²) < 4.78 is 16.3. The van der Waals surface area contributed by atoms with Crippen LogP contribution in [0.25, 0.3) is 0 Å². The second-order valence-electron chi connectivity index (χ2n) is 10.9. The van der Waals surface area contributed by atoms with E-state index in [2.05, 4.69) is 21.3 Å². The van der Waals surface area contributed by atoms with Gasteiger partial charge in [0, 0.05) is 31.8 Å². The van der Waals surface area contributed by atoms with E-state index in [1.54, 1.807) is 27.7 Å². The maximum atomic E-state index is 13.0. The molecule has 5 amide bonds. The number of carbonyl (C=O) groups is 5. The lowest BCUT2D eigenvalue weighted by atomic mass is 9.96. The van der Waals surface area contributed by atoms with Crippen molar-refractivity contribution in [1.82, 2.24) is 21.3 Å². The highest BCUT2D eigenvalue weighted by atomic mass is 16.5. The quantitative estimate of drug-likeness (QED) is 0.103. The molecule has 2 atom stereocenters. The van der Waals surface area contributed by atoms with E-state index in [0.29, 0.717) is 64.8 Å². The molecule has 0 aliphatic rings. The summed E-state index contributed by atoms with van der Waals surface area (Å²) in [5, 5.41) is 10.8. The minimum atomic E-state index is -0.819. The summed E-state index contributed by atoms with van der Waals surface area (Å²) in [5.74, 6) is -1.07. The van der Waals surface area contributed by atoms with Gasteiger partial charge in [-0.05, 0) is 24.7 Å². The molecule has 41 heavy (non-hydrogen) atoms. The first-order valence-electron chi connectivity index (χ1n) is 14.5. The second-order valence-corrected chi connectivity index (χ2v) is 10.9. The fourth-order valence-corrected chi connectivity index (χ4v) is 3.66. The Morgan fingerprint density at radius 1 is 0.707 bits per heavy atom. The van der Waals surface area contributed by atoms with Crippen LogP contribution in [0, 0.1) is 17.8 Å². The zero-order valence-electron chi connectivity index (χ0n) is 25.7. The van der Waals surface area contributed by atoms with Crippen molar-refractivity contribution < 1.29 is 38.2 Å². The zero-order chi connectivity index (χ0) is 31.2. The summed E-state index contributed by atoms with van der Waals surface area (Å²) in [7, 11) is 0. The highest BCUT2D eigenvalue weighted by Gasteiger charge is 2.29. The molecular formula is C28H53N5O8. The number of rotatable bonds is 24. The van der Waals surface area contributed by atoms with Gasteiger partial charge in [-0.15, -0.1) is 0 Å². The number of urea groups is 1. The molecule has 2 unspecified atom stereocenters. The molecule has 6 N–H and O–H groups in total. The second kappa shape index (κ2) is 22.9. The van der Waals surface area contributed by atoms with Gasteiger partial charge in [-0.2, -0.15) is 0 Å². The predicted molar refractivity (Wildman–Crippen MR) is 155 cm³/mol. The van der Waals surface area contributed by atoms with Gasteiger partial charge in [-0.1, -0.05) is 41.5 Å². The summed E-state index contributed by atoms with van der Waals surface area (Å²) in [6.07, 6.45) is 1.35. The highest BCUT2D eigenvalue weighted by molar-refractivity contribution is 5.93. The summed E-state index contributed by atoms with van der Waals surface area (Å²) in [6.45, 7) is 13.8. The number of hydrogen-bond donors (Lipinski definition) is 5. The molecule has 0 aliphatic heterocycles. The molecule has 0 spiro atoms. The molecule has 13 nitrogen and oxygen atoms in total. The summed E-state index contributed by atoms with van der Waals surface area (Å²) in [5.41, 5.74) is 5.07. The molecule has 0 saturated heterocycles. The third-order valence-corrected chi connectivity index (χ3v) is 5.84. The predicted octanol–water partition coefficient (Wildman–Crippen LogP) is 0.888. The molecule has 0 radical (unpaired) electrons. The lowest BCUT2D eigenvalue weighted by Gasteiger charge is -2.26. The van der Waals surface area contributed by atoms with Crippen molar-refractivity contribution in [3.8, 4) is 0 Å². The minimum Gasteiger partial charge on any atom is -0.379 e. The number of primary amides is 1. The molecule has 0 bridgehead atoms. The maximum absolute atomic E-state index is 13.0. The molecule has 0 aromatic carbocycles. The van der Waals surface area contributed by atoms with Crippen LogP contribution in [0.2, 0.25) is 0 Å². The van der Waals surface area contributed by atoms with Crippen LogP contribution in [0.3, 0.4) is 0 Å². The van der Waals surface area contributed by atoms with E-state index >= 15 is 0 Å². The third kappa shape index (κ3) is 20.7. The number of hydrogen-bond acceptors (Lipinski definition) is 8.